The van der Waals surface area contributed by atoms with E-state index in [-0.39, 0.29) is 24.8 Å². The first kappa shape index (κ1) is 22.9. The van der Waals surface area contributed by atoms with Crippen LogP contribution in [0.1, 0.15) is 37.6 Å². The number of fused-ring (bicyclic) bond motifs is 1. The molecule has 0 aliphatic carbocycles. The molecular formula is C25H30ClN3O2. The van der Waals surface area contributed by atoms with Gasteiger partial charge in [-0.15, -0.1) is 12.4 Å². The predicted octanol–water partition coefficient (Wildman–Crippen LogP) is 4.25. The number of aromatic nitrogens is 2. The average molecular weight is 440 g/mol. The lowest BCUT2D eigenvalue weighted by molar-refractivity contribution is -0.693. The molecular weight excluding hydrogens is 410 g/mol. The van der Waals surface area contributed by atoms with Crippen molar-refractivity contribution in [1.82, 2.24) is 4.57 Å². The number of aliphatic imine (C=N–C) groups is 1. The van der Waals surface area contributed by atoms with Crippen LogP contribution in [0.3, 0.4) is 0 Å². The van der Waals surface area contributed by atoms with Crippen LogP contribution in [0.25, 0.3) is 11.3 Å². The molecule has 0 N–H and O–H groups in total. The summed E-state index contributed by atoms with van der Waals surface area (Å²) in [4.78, 5) is 4.32. The Kier molecular flexibility index (Phi) is 7.75. The minimum Gasteiger partial charge on any atom is -0.859 e. The molecule has 6 heteroatoms. The smallest absolute Gasteiger partial charge is 0.257 e. The Labute approximate surface area is 190 Å². The van der Waals surface area contributed by atoms with Crippen molar-refractivity contribution in [3.8, 4) is 17.0 Å². The van der Waals surface area contributed by atoms with E-state index < -0.39 is 0 Å². The summed E-state index contributed by atoms with van der Waals surface area (Å²) in [6.45, 7) is 3.44. The molecule has 1 aromatic heterocycles. The van der Waals surface area contributed by atoms with Crippen LogP contribution in [-0.4, -0.2) is 17.6 Å². The van der Waals surface area contributed by atoms with Crippen molar-refractivity contribution < 1.29 is 14.4 Å². The molecule has 1 aliphatic heterocycles. The lowest BCUT2D eigenvalue weighted by Crippen LogP contribution is -2.43. The van der Waals surface area contributed by atoms with Crippen LogP contribution >= 0.6 is 12.4 Å². The third kappa shape index (κ3) is 5.28. The van der Waals surface area contributed by atoms with Crippen LogP contribution in [0.5, 0.6) is 5.75 Å². The summed E-state index contributed by atoms with van der Waals surface area (Å²) in [5.41, 5.74) is 4.29. The molecule has 0 radical (unpaired) electrons. The van der Waals surface area contributed by atoms with Gasteiger partial charge in [0, 0.05) is 11.5 Å². The molecule has 0 spiro atoms. The van der Waals surface area contributed by atoms with E-state index in [4.69, 9.17) is 4.74 Å². The number of rotatable bonds is 8. The fourth-order valence-corrected chi connectivity index (χ4v) is 4.08. The van der Waals surface area contributed by atoms with E-state index in [2.05, 4.69) is 51.5 Å². The van der Waals surface area contributed by atoms with Crippen LogP contribution in [0.15, 0.2) is 59.7 Å². The topological polar surface area (TPSA) is 53.5 Å². The summed E-state index contributed by atoms with van der Waals surface area (Å²) >= 11 is 0. The van der Waals surface area contributed by atoms with Gasteiger partial charge in [0.05, 0.1) is 25.8 Å². The first-order valence-electron chi connectivity index (χ1n) is 10.8. The number of hydrogen-bond donors (Lipinski definition) is 0. The number of hydrogen-bond acceptors (Lipinski definition) is 3. The standard InChI is InChI=1S/C25H29N3O2.ClH/c1-3-4-6-19-8-12-21(13-9-19)26-24(29)18-27-17-23(28-16-5-7-25(27)28)20-10-14-22(30-2)15-11-20;/h8-15,17H,3-7,16,18H2,1-2H3;1H. The van der Waals surface area contributed by atoms with E-state index in [1.54, 1.807) is 7.11 Å². The molecule has 3 aromatic rings. The predicted molar refractivity (Wildman–Crippen MR) is 124 cm³/mol. The molecule has 2 aromatic carbocycles. The minimum atomic E-state index is -0.122. The molecule has 0 atom stereocenters. The van der Waals surface area contributed by atoms with Gasteiger partial charge in [-0.05, 0) is 61.2 Å². The SMILES string of the molecule is CCCCc1ccc(N=C([O-])C[n+]2cc(-c3ccc(OC)cc3)n3c2CCC3)cc1.Cl. The average Bonchev–Trinajstić information content (AvgIpc) is 3.37. The zero-order chi connectivity index (χ0) is 20.9. The van der Waals surface area contributed by atoms with Crippen molar-refractivity contribution in [1.29, 1.82) is 0 Å². The van der Waals surface area contributed by atoms with Crippen molar-refractivity contribution >= 4 is 24.0 Å². The van der Waals surface area contributed by atoms with Crippen molar-refractivity contribution in [3.05, 3.63) is 66.1 Å². The maximum absolute atomic E-state index is 12.7. The van der Waals surface area contributed by atoms with Crippen molar-refractivity contribution in [2.75, 3.05) is 7.11 Å². The van der Waals surface area contributed by atoms with Gasteiger partial charge in [0.15, 0.2) is 5.69 Å². The molecule has 0 fully saturated rings. The summed E-state index contributed by atoms with van der Waals surface area (Å²) < 4.78 is 9.65. The third-order valence-corrected chi connectivity index (χ3v) is 5.69. The number of benzene rings is 2. The van der Waals surface area contributed by atoms with Gasteiger partial charge in [-0.3, -0.25) is 4.99 Å². The van der Waals surface area contributed by atoms with Crippen LogP contribution in [0, 0.1) is 0 Å². The number of unbranched alkanes of at least 4 members (excludes halogenated alkanes) is 1. The molecule has 5 nitrogen and oxygen atoms in total. The second-order valence-electron chi connectivity index (χ2n) is 7.82. The number of halogens is 1. The van der Waals surface area contributed by atoms with Gasteiger partial charge in [-0.2, -0.15) is 0 Å². The molecule has 4 rings (SSSR count). The Hall–Kier alpha value is -2.79. The Morgan fingerprint density at radius 2 is 1.87 bits per heavy atom. The zero-order valence-corrected chi connectivity index (χ0v) is 19.0. The summed E-state index contributed by atoms with van der Waals surface area (Å²) in [5, 5.41) is 12.7. The fraction of sp³-hybridized carbons (Fsp3) is 0.360. The van der Waals surface area contributed by atoms with Gasteiger partial charge in [0.1, 0.15) is 18.5 Å². The fourth-order valence-electron chi connectivity index (χ4n) is 4.08. The Morgan fingerprint density at radius 3 is 2.55 bits per heavy atom. The zero-order valence-electron chi connectivity index (χ0n) is 18.2. The van der Waals surface area contributed by atoms with Crippen molar-refractivity contribution in [3.63, 3.8) is 0 Å². The maximum atomic E-state index is 12.7. The van der Waals surface area contributed by atoms with Gasteiger partial charge in [0.2, 0.25) is 0 Å². The van der Waals surface area contributed by atoms with E-state index in [1.807, 2.05) is 24.3 Å². The molecule has 164 valence electrons. The Balaban J connectivity index is 0.00000272. The monoisotopic (exact) mass is 439 g/mol. The number of aryl methyl sites for hydroxylation is 1. The second-order valence-corrected chi connectivity index (χ2v) is 7.82. The highest BCUT2D eigenvalue weighted by atomic mass is 35.5. The van der Waals surface area contributed by atoms with Crippen molar-refractivity contribution in [2.24, 2.45) is 4.99 Å². The molecule has 0 saturated heterocycles. The molecule has 0 bridgehead atoms. The maximum Gasteiger partial charge on any atom is 0.257 e. The summed E-state index contributed by atoms with van der Waals surface area (Å²) in [6, 6.07) is 16.1. The van der Waals surface area contributed by atoms with Gasteiger partial charge in [-0.25, -0.2) is 9.13 Å². The summed E-state index contributed by atoms with van der Waals surface area (Å²) in [6.07, 6.45) is 7.60. The van der Waals surface area contributed by atoms with Gasteiger partial charge < -0.3 is 9.84 Å². The van der Waals surface area contributed by atoms with Gasteiger partial charge in [-0.1, -0.05) is 25.5 Å². The first-order valence-corrected chi connectivity index (χ1v) is 10.8. The lowest BCUT2D eigenvalue weighted by atomic mass is 10.1. The highest BCUT2D eigenvalue weighted by Crippen LogP contribution is 2.26. The van der Waals surface area contributed by atoms with Crippen LogP contribution in [-0.2, 0) is 25.9 Å². The molecule has 1 aliphatic rings. The number of ether oxygens (including phenoxy) is 1. The Bertz CT molecular complexity index is 1020. The second kappa shape index (κ2) is 10.5. The van der Waals surface area contributed by atoms with E-state index in [1.165, 1.54) is 24.2 Å². The summed E-state index contributed by atoms with van der Waals surface area (Å²) in [7, 11) is 1.67. The molecule has 31 heavy (non-hydrogen) atoms. The molecule has 0 saturated carbocycles. The highest BCUT2D eigenvalue weighted by molar-refractivity contribution is 5.85. The largest absolute Gasteiger partial charge is 0.859 e. The van der Waals surface area contributed by atoms with E-state index >= 15 is 0 Å². The number of imidazole rings is 1. The molecule has 2 heterocycles. The number of methoxy groups -OCH3 is 1. The summed E-state index contributed by atoms with van der Waals surface area (Å²) in [5.74, 6) is 1.91. The normalized spacial score (nSPS) is 13.0. The highest BCUT2D eigenvalue weighted by Gasteiger charge is 2.28. The van der Waals surface area contributed by atoms with Gasteiger partial charge >= 0.3 is 0 Å². The Morgan fingerprint density at radius 1 is 1.13 bits per heavy atom. The van der Waals surface area contributed by atoms with Gasteiger partial charge in [0.25, 0.3) is 5.82 Å². The van der Waals surface area contributed by atoms with Crippen molar-refractivity contribution in [2.45, 2.75) is 52.1 Å². The number of nitrogens with zero attached hydrogens (tertiary/aromatic N) is 3. The van der Waals surface area contributed by atoms with E-state index in [0.717, 1.165) is 48.5 Å². The first-order chi connectivity index (χ1) is 14.7. The lowest BCUT2D eigenvalue weighted by Gasteiger charge is -2.09. The van der Waals surface area contributed by atoms with Crippen LogP contribution in [0.4, 0.5) is 5.69 Å². The van der Waals surface area contributed by atoms with Crippen LogP contribution in [0.2, 0.25) is 0 Å². The van der Waals surface area contributed by atoms with E-state index in [9.17, 15) is 5.11 Å². The van der Waals surface area contributed by atoms with Crippen LogP contribution < -0.4 is 14.4 Å². The minimum absolute atomic E-state index is 0. The molecule has 0 unspecified atom stereocenters. The third-order valence-electron chi connectivity index (χ3n) is 5.69. The quantitative estimate of drug-likeness (QED) is 0.299. The molecule has 0 amide bonds. The van der Waals surface area contributed by atoms with E-state index in [0.29, 0.717) is 0 Å².